The van der Waals surface area contributed by atoms with Crippen LogP contribution >= 0.6 is 0 Å². The fourth-order valence-electron chi connectivity index (χ4n) is 2.86. The first-order chi connectivity index (χ1) is 13.3. The summed E-state index contributed by atoms with van der Waals surface area (Å²) in [4.78, 5) is 12.2. The first-order valence-corrected chi connectivity index (χ1v) is 10.3. The Hall–Kier alpha value is -2.80. The maximum atomic E-state index is 12.6. The Balaban J connectivity index is 1.69. The summed E-state index contributed by atoms with van der Waals surface area (Å²) < 4.78 is 27.5. The van der Waals surface area contributed by atoms with E-state index in [-0.39, 0.29) is 17.1 Å². The van der Waals surface area contributed by atoms with Gasteiger partial charge in [-0.1, -0.05) is 66.8 Å². The standard InChI is InChI=1S/C22H21NO4S/c1-17-7-5-6-10-21(17)28(26,27)23-22(25)15-13-18(14-16-22)11-12-20(24)19-8-3-2-4-9-19/h2-15,23,25H,16H2,1H3. The second kappa shape index (κ2) is 8.06. The summed E-state index contributed by atoms with van der Waals surface area (Å²) in [5.74, 6) is -0.129. The van der Waals surface area contributed by atoms with Gasteiger partial charge >= 0.3 is 0 Å². The maximum Gasteiger partial charge on any atom is 0.243 e. The molecule has 6 heteroatoms. The summed E-state index contributed by atoms with van der Waals surface area (Å²) in [6, 6.07) is 15.5. The Bertz CT molecular complexity index is 1070. The molecule has 0 fully saturated rings. The molecule has 1 aliphatic carbocycles. The van der Waals surface area contributed by atoms with Crippen LogP contribution in [0.5, 0.6) is 0 Å². The number of ketones is 1. The van der Waals surface area contributed by atoms with Gasteiger partial charge in [-0.05, 0) is 36.3 Å². The number of benzene rings is 2. The van der Waals surface area contributed by atoms with Crippen LogP contribution in [0, 0.1) is 6.92 Å². The van der Waals surface area contributed by atoms with E-state index in [1.54, 1.807) is 67.6 Å². The lowest BCUT2D eigenvalue weighted by atomic mass is 9.99. The molecule has 5 nitrogen and oxygen atoms in total. The van der Waals surface area contributed by atoms with Gasteiger partial charge in [0.25, 0.3) is 0 Å². The minimum atomic E-state index is -3.88. The maximum absolute atomic E-state index is 12.6. The first-order valence-electron chi connectivity index (χ1n) is 8.78. The van der Waals surface area contributed by atoms with E-state index in [2.05, 4.69) is 4.72 Å². The van der Waals surface area contributed by atoms with Crippen molar-refractivity contribution in [1.29, 1.82) is 0 Å². The van der Waals surface area contributed by atoms with Crippen LogP contribution in [0.3, 0.4) is 0 Å². The lowest BCUT2D eigenvalue weighted by Crippen LogP contribution is -2.47. The molecule has 3 rings (SSSR count). The number of nitrogens with one attached hydrogen (secondary N) is 1. The summed E-state index contributed by atoms with van der Waals surface area (Å²) in [5.41, 5.74) is 0.171. The number of aliphatic hydroxyl groups is 1. The third kappa shape index (κ3) is 4.72. The molecule has 0 spiro atoms. The first kappa shape index (κ1) is 19.9. The monoisotopic (exact) mass is 395 g/mol. The Morgan fingerprint density at radius 1 is 1.11 bits per heavy atom. The normalized spacial score (nSPS) is 19.6. The predicted octanol–water partition coefficient (Wildman–Crippen LogP) is 3.29. The molecule has 1 unspecified atom stereocenters. The predicted molar refractivity (Wildman–Crippen MR) is 108 cm³/mol. The molecule has 0 amide bonds. The fourth-order valence-corrected chi connectivity index (χ4v) is 4.34. The van der Waals surface area contributed by atoms with Crippen molar-refractivity contribution in [3.05, 3.63) is 102 Å². The van der Waals surface area contributed by atoms with Crippen LogP contribution in [0.2, 0.25) is 0 Å². The van der Waals surface area contributed by atoms with Crippen molar-refractivity contribution in [2.75, 3.05) is 0 Å². The van der Waals surface area contributed by atoms with E-state index in [1.165, 1.54) is 18.2 Å². The van der Waals surface area contributed by atoms with Crippen molar-refractivity contribution in [1.82, 2.24) is 4.72 Å². The topological polar surface area (TPSA) is 83.5 Å². The van der Waals surface area contributed by atoms with Gasteiger partial charge in [0.15, 0.2) is 11.5 Å². The van der Waals surface area contributed by atoms with Crippen molar-refractivity contribution < 1.29 is 18.3 Å². The van der Waals surface area contributed by atoms with Gasteiger partial charge in [-0.2, -0.15) is 4.72 Å². The largest absolute Gasteiger partial charge is 0.371 e. The average Bonchev–Trinajstić information content (AvgIpc) is 2.67. The smallest absolute Gasteiger partial charge is 0.243 e. The zero-order chi connectivity index (χ0) is 20.2. The van der Waals surface area contributed by atoms with Crippen LogP contribution in [0.15, 0.2) is 95.4 Å². The summed E-state index contributed by atoms with van der Waals surface area (Å²) >= 11 is 0. The lowest BCUT2D eigenvalue weighted by molar-refractivity contribution is 0.0812. The number of hydrogen-bond acceptors (Lipinski definition) is 4. The molecule has 0 radical (unpaired) electrons. The Morgan fingerprint density at radius 3 is 2.43 bits per heavy atom. The summed E-state index contributed by atoms with van der Waals surface area (Å²) in [7, 11) is -3.88. The number of hydrogen-bond donors (Lipinski definition) is 2. The molecular weight excluding hydrogens is 374 g/mol. The summed E-state index contributed by atoms with van der Waals surface area (Å²) in [5, 5.41) is 10.6. The van der Waals surface area contributed by atoms with Crippen molar-refractivity contribution in [3.8, 4) is 0 Å². The van der Waals surface area contributed by atoms with Gasteiger partial charge in [0.05, 0.1) is 4.90 Å². The Labute approximate surface area is 164 Å². The van der Waals surface area contributed by atoms with Crippen LogP contribution in [-0.4, -0.2) is 25.0 Å². The molecule has 2 aromatic rings. The highest BCUT2D eigenvalue weighted by Gasteiger charge is 2.31. The van der Waals surface area contributed by atoms with Crippen molar-refractivity contribution in [2.45, 2.75) is 24.0 Å². The third-order valence-electron chi connectivity index (χ3n) is 4.38. The Kier molecular flexibility index (Phi) is 5.74. The van der Waals surface area contributed by atoms with Gasteiger partial charge in [-0.25, -0.2) is 8.42 Å². The molecular formula is C22H21NO4S. The zero-order valence-electron chi connectivity index (χ0n) is 15.4. The quantitative estimate of drug-likeness (QED) is 0.447. The number of carbonyl (C=O) groups excluding carboxylic acids is 1. The van der Waals surface area contributed by atoms with E-state index in [0.29, 0.717) is 16.7 Å². The highest BCUT2D eigenvalue weighted by molar-refractivity contribution is 7.89. The molecule has 0 bridgehead atoms. The number of rotatable bonds is 6. The zero-order valence-corrected chi connectivity index (χ0v) is 16.2. The van der Waals surface area contributed by atoms with Crippen LogP contribution in [0.1, 0.15) is 22.3 Å². The third-order valence-corrected chi connectivity index (χ3v) is 6.04. The summed E-state index contributed by atoms with van der Waals surface area (Å²) in [6.45, 7) is 1.70. The molecule has 144 valence electrons. The SMILES string of the molecule is Cc1ccccc1S(=O)(=O)NC1(O)C=CC(C=CC(=O)c2ccccc2)=CC1. The molecule has 2 N–H and O–H groups in total. The van der Waals surface area contributed by atoms with Crippen molar-refractivity contribution in [3.63, 3.8) is 0 Å². The van der Waals surface area contributed by atoms with Gasteiger partial charge in [0.1, 0.15) is 0 Å². The molecule has 1 atom stereocenters. The molecule has 0 saturated carbocycles. The second-order valence-corrected chi connectivity index (χ2v) is 8.25. The highest BCUT2D eigenvalue weighted by Crippen LogP contribution is 2.23. The molecule has 1 aliphatic rings. The van der Waals surface area contributed by atoms with Crippen molar-refractivity contribution >= 4 is 15.8 Å². The molecule has 0 aliphatic heterocycles. The fraction of sp³-hybridized carbons (Fsp3) is 0.136. The van der Waals surface area contributed by atoms with E-state index in [4.69, 9.17) is 0 Å². The van der Waals surface area contributed by atoms with Gasteiger partial charge in [-0.3, -0.25) is 4.79 Å². The minimum absolute atomic E-state index is 0.0494. The number of carbonyl (C=O) groups is 1. The van der Waals surface area contributed by atoms with Gasteiger partial charge in [0, 0.05) is 12.0 Å². The number of allylic oxidation sites excluding steroid dienone is 4. The van der Waals surface area contributed by atoms with Crippen molar-refractivity contribution in [2.24, 2.45) is 0 Å². The molecule has 0 aromatic heterocycles. The number of aryl methyl sites for hydroxylation is 1. The van der Waals surface area contributed by atoms with Crippen LogP contribution in [-0.2, 0) is 10.0 Å². The second-order valence-electron chi connectivity index (χ2n) is 6.60. The molecule has 0 heterocycles. The Morgan fingerprint density at radius 2 is 1.79 bits per heavy atom. The van der Waals surface area contributed by atoms with Crippen LogP contribution in [0.4, 0.5) is 0 Å². The lowest BCUT2D eigenvalue weighted by Gasteiger charge is -2.27. The minimum Gasteiger partial charge on any atom is -0.371 e. The van der Waals surface area contributed by atoms with Crippen LogP contribution in [0.25, 0.3) is 0 Å². The van der Waals surface area contributed by atoms with E-state index < -0.39 is 15.7 Å². The van der Waals surface area contributed by atoms with Gasteiger partial charge in [-0.15, -0.1) is 0 Å². The van der Waals surface area contributed by atoms with Gasteiger partial charge in [0.2, 0.25) is 10.0 Å². The number of sulfonamides is 1. The van der Waals surface area contributed by atoms with Gasteiger partial charge < -0.3 is 5.11 Å². The molecule has 0 saturated heterocycles. The highest BCUT2D eigenvalue weighted by atomic mass is 32.2. The molecule has 2 aromatic carbocycles. The average molecular weight is 395 g/mol. The molecule has 28 heavy (non-hydrogen) atoms. The summed E-state index contributed by atoms with van der Waals surface area (Å²) in [6.07, 6.45) is 7.78. The van der Waals surface area contributed by atoms with E-state index in [1.807, 2.05) is 6.07 Å². The van der Waals surface area contributed by atoms with E-state index >= 15 is 0 Å². The van der Waals surface area contributed by atoms with Crippen LogP contribution < -0.4 is 4.72 Å². The van der Waals surface area contributed by atoms with E-state index in [0.717, 1.165) is 0 Å². The van der Waals surface area contributed by atoms with E-state index in [9.17, 15) is 18.3 Å².